The van der Waals surface area contributed by atoms with Gasteiger partial charge >= 0.3 is 6.09 Å². The zero-order valence-corrected chi connectivity index (χ0v) is 25.2. The van der Waals surface area contributed by atoms with Gasteiger partial charge in [0.1, 0.15) is 11.4 Å². The van der Waals surface area contributed by atoms with E-state index in [1.807, 2.05) is 44.9 Å². The molecule has 0 aromatic heterocycles. The molecule has 2 saturated heterocycles. The largest absolute Gasteiger partial charge is 0.444 e. The maximum Gasteiger partial charge on any atom is 0.410 e. The molecular weight excluding hydrogens is 542 g/mol. The van der Waals surface area contributed by atoms with E-state index in [1.54, 1.807) is 39.5 Å². The number of benzene rings is 1. The lowest BCUT2D eigenvalue weighted by Gasteiger charge is -2.46. The van der Waals surface area contributed by atoms with E-state index < -0.39 is 15.6 Å². The van der Waals surface area contributed by atoms with Crippen LogP contribution in [-0.4, -0.2) is 84.7 Å². The van der Waals surface area contributed by atoms with E-state index in [-0.39, 0.29) is 28.4 Å². The monoisotopic (exact) mass is 583 g/mol. The molecule has 2 amide bonds. The Labute approximate surface area is 243 Å². The van der Waals surface area contributed by atoms with Crippen molar-refractivity contribution in [2.75, 3.05) is 32.7 Å². The van der Waals surface area contributed by atoms with Crippen molar-refractivity contribution in [1.29, 1.82) is 0 Å². The standard InChI is InChI=1S/C30H41N5O5S/c1-22-20-34-21-24(7-10-26(34)32-22)27(36)31-19-23-5-8-25(9-6-23)41(38,39)35-17-13-30(14-18-35)11-15-33(16-12-30)28(37)40-29(2,3)4/h5-10,21-22H,11-20H2,1-4H3,(H,31,36). The predicted molar refractivity (Wildman–Crippen MR) is 157 cm³/mol. The molecule has 1 spiro atoms. The molecule has 0 saturated carbocycles. The maximum atomic E-state index is 13.4. The minimum Gasteiger partial charge on any atom is -0.444 e. The molecule has 1 N–H and O–H groups in total. The van der Waals surface area contributed by atoms with Crippen LogP contribution in [0.15, 0.2) is 58.1 Å². The molecule has 1 aromatic carbocycles. The molecule has 5 rings (SSSR count). The Balaban J connectivity index is 1.11. The van der Waals surface area contributed by atoms with Crippen molar-refractivity contribution in [3.05, 3.63) is 53.8 Å². The SMILES string of the molecule is CC1CN2C=C(C(=O)NCc3ccc(S(=O)(=O)N4CCC5(CCN(C(=O)OC(C)(C)C)CC5)CC4)cc3)C=CC2=N1. The fourth-order valence-corrected chi connectivity index (χ4v) is 7.33. The van der Waals surface area contributed by atoms with Gasteiger partial charge < -0.3 is 19.9 Å². The highest BCUT2D eigenvalue weighted by molar-refractivity contribution is 7.89. The van der Waals surface area contributed by atoms with Crippen molar-refractivity contribution in [2.45, 2.75) is 76.5 Å². The molecule has 41 heavy (non-hydrogen) atoms. The second-order valence-corrected chi connectivity index (χ2v) is 14.5. The van der Waals surface area contributed by atoms with Crippen molar-refractivity contribution in [2.24, 2.45) is 10.4 Å². The predicted octanol–water partition coefficient (Wildman–Crippen LogP) is 3.66. The molecule has 2 fully saturated rings. The first-order valence-corrected chi connectivity index (χ1v) is 15.9. The van der Waals surface area contributed by atoms with Crippen LogP contribution in [0.25, 0.3) is 0 Å². The highest BCUT2D eigenvalue weighted by Crippen LogP contribution is 2.42. The summed E-state index contributed by atoms with van der Waals surface area (Å²) in [6, 6.07) is 6.95. The van der Waals surface area contributed by atoms with Crippen LogP contribution in [0.2, 0.25) is 0 Å². The number of aliphatic imine (C=N–C) groups is 1. The van der Waals surface area contributed by atoms with Gasteiger partial charge in [0, 0.05) is 45.5 Å². The number of nitrogens with one attached hydrogen (secondary N) is 1. The number of fused-ring (bicyclic) bond motifs is 1. The van der Waals surface area contributed by atoms with Gasteiger partial charge in [0.05, 0.1) is 16.5 Å². The highest BCUT2D eigenvalue weighted by Gasteiger charge is 2.41. The first-order valence-electron chi connectivity index (χ1n) is 14.4. The number of carbonyl (C=O) groups excluding carboxylic acids is 2. The Kier molecular flexibility index (Phi) is 8.04. The summed E-state index contributed by atoms with van der Waals surface area (Å²) in [5.74, 6) is 0.689. The van der Waals surface area contributed by atoms with E-state index in [9.17, 15) is 18.0 Å². The van der Waals surface area contributed by atoms with E-state index in [1.165, 1.54) is 0 Å². The van der Waals surface area contributed by atoms with Gasteiger partial charge in [-0.2, -0.15) is 4.31 Å². The summed E-state index contributed by atoms with van der Waals surface area (Å²) in [6.45, 7) is 10.9. The molecule has 4 aliphatic heterocycles. The van der Waals surface area contributed by atoms with E-state index in [0.29, 0.717) is 38.3 Å². The van der Waals surface area contributed by atoms with Gasteiger partial charge in [0.25, 0.3) is 5.91 Å². The molecule has 0 aliphatic carbocycles. The van der Waals surface area contributed by atoms with Crippen molar-refractivity contribution >= 4 is 27.9 Å². The Morgan fingerprint density at radius 3 is 2.29 bits per heavy atom. The quantitative estimate of drug-likeness (QED) is 0.567. The Morgan fingerprint density at radius 2 is 1.66 bits per heavy atom. The summed E-state index contributed by atoms with van der Waals surface area (Å²) in [5.41, 5.74) is 0.937. The van der Waals surface area contributed by atoms with Crippen molar-refractivity contribution in [3.8, 4) is 0 Å². The maximum absolute atomic E-state index is 13.4. The smallest absolute Gasteiger partial charge is 0.410 e. The summed E-state index contributed by atoms with van der Waals surface area (Å²) in [6.07, 6.45) is 8.46. The fourth-order valence-electron chi connectivity index (χ4n) is 5.89. The third-order valence-electron chi connectivity index (χ3n) is 8.35. The number of piperidine rings is 2. The van der Waals surface area contributed by atoms with Gasteiger partial charge in [-0.3, -0.25) is 9.79 Å². The van der Waals surface area contributed by atoms with Gasteiger partial charge in [0.15, 0.2) is 0 Å². The lowest BCUT2D eigenvalue weighted by molar-refractivity contribution is -0.117. The number of nitrogens with zero attached hydrogens (tertiary/aromatic N) is 4. The van der Waals surface area contributed by atoms with Crippen molar-refractivity contribution in [3.63, 3.8) is 0 Å². The number of hydrogen-bond acceptors (Lipinski definition) is 7. The van der Waals surface area contributed by atoms with Gasteiger partial charge in [-0.1, -0.05) is 12.1 Å². The van der Waals surface area contributed by atoms with Crippen LogP contribution in [0.5, 0.6) is 0 Å². The lowest BCUT2D eigenvalue weighted by Crippen LogP contribution is -2.50. The molecule has 11 heteroatoms. The van der Waals surface area contributed by atoms with Crippen LogP contribution in [0.1, 0.15) is 58.9 Å². The lowest BCUT2D eigenvalue weighted by atomic mass is 9.72. The van der Waals surface area contributed by atoms with Crippen molar-refractivity contribution < 1.29 is 22.7 Å². The van der Waals surface area contributed by atoms with Crippen LogP contribution in [0.4, 0.5) is 4.79 Å². The third-order valence-corrected chi connectivity index (χ3v) is 10.3. The van der Waals surface area contributed by atoms with Crippen molar-refractivity contribution in [1.82, 2.24) is 19.4 Å². The van der Waals surface area contributed by atoms with E-state index in [4.69, 9.17) is 4.74 Å². The number of amidine groups is 1. The van der Waals surface area contributed by atoms with Gasteiger partial charge in [-0.25, -0.2) is 13.2 Å². The number of likely N-dealkylation sites (tertiary alicyclic amines) is 1. The summed E-state index contributed by atoms with van der Waals surface area (Å²) in [5, 5.41) is 2.92. The molecule has 222 valence electrons. The molecule has 1 unspecified atom stereocenters. The number of amides is 2. The minimum absolute atomic E-state index is 0.0664. The van der Waals surface area contributed by atoms with E-state index in [2.05, 4.69) is 10.3 Å². The second kappa shape index (κ2) is 11.2. The summed E-state index contributed by atoms with van der Waals surface area (Å²) < 4.78 is 33.9. The summed E-state index contributed by atoms with van der Waals surface area (Å²) in [4.78, 5) is 33.6. The average Bonchev–Trinajstić information content (AvgIpc) is 3.31. The fraction of sp³-hybridized carbons (Fsp3) is 0.567. The van der Waals surface area contributed by atoms with Crippen LogP contribution in [0.3, 0.4) is 0 Å². The second-order valence-electron chi connectivity index (χ2n) is 12.6. The Hall–Kier alpha value is -3.18. The molecule has 1 atom stereocenters. The molecule has 4 heterocycles. The molecule has 0 bridgehead atoms. The average molecular weight is 584 g/mol. The summed E-state index contributed by atoms with van der Waals surface area (Å²) in [7, 11) is -3.61. The molecule has 1 aromatic rings. The number of hydrogen-bond donors (Lipinski definition) is 1. The molecule has 10 nitrogen and oxygen atoms in total. The number of rotatable bonds is 5. The van der Waals surface area contributed by atoms with E-state index in [0.717, 1.165) is 43.6 Å². The first kappa shape index (κ1) is 29.3. The topological polar surface area (TPSA) is 112 Å². The van der Waals surface area contributed by atoms with Gasteiger partial charge in [-0.15, -0.1) is 0 Å². The minimum atomic E-state index is -3.61. The first-order chi connectivity index (χ1) is 19.3. The number of sulfonamides is 1. The Bertz CT molecular complexity index is 1360. The van der Waals surface area contributed by atoms with Crippen LogP contribution >= 0.6 is 0 Å². The molecule has 0 radical (unpaired) electrons. The Morgan fingerprint density at radius 1 is 1.02 bits per heavy atom. The number of carbonyl (C=O) groups is 2. The summed E-state index contributed by atoms with van der Waals surface area (Å²) >= 11 is 0. The third kappa shape index (κ3) is 6.67. The normalized spacial score (nSPS) is 22.7. The zero-order chi connectivity index (χ0) is 29.4. The van der Waals surface area contributed by atoms with Crippen LogP contribution in [-0.2, 0) is 26.1 Å². The highest BCUT2D eigenvalue weighted by atomic mass is 32.2. The van der Waals surface area contributed by atoms with Crippen LogP contribution < -0.4 is 5.32 Å². The van der Waals surface area contributed by atoms with Crippen LogP contribution in [0, 0.1) is 5.41 Å². The molecular formula is C30H41N5O5S. The van der Waals surface area contributed by atoms with Gasteiger partial charge in [-0.05, 0) is 88.6 Å². The van der Waals surface area contributed by atoms with Gasteiger partial charge in [0.2, 0.25) is 10.0 Å². The zero-order valence-electron chi connectivity index (χ0n) is 24.4. The molecule has 4 aliphatic rings. The van der Waals surface area contributed by atoms with E-state index >= 15 is 0 Å². The number of ether oxygens (including phenoxy) is 1.